The predicted molar refractivity (Wildman–Crippen MR) is 130 cm³/mol. The van der Waals surface area contributed by atoms with E-state index in [1.54, 1.807) is 24.7 Å². The van der Waals surface area contributed by atoms with Crippen molar-refractivity contribution in [3.05, 3.63) is 83.9 Å². The average molecular weight is 442 g/mol. The number of anilines is 3. The molecule has 2 aromatic heterocycles. The Morgan fingerprint density at radius 3 is 2.91 bits per heavy atom. The Kier molecular flexibility index (Phi) is 5.73. The van der Waals surface area contributed by atoms with Crippen LogP contribution in [0, 0.1) is 0 Å². The highest BCUT2D eigenvalue weighted by atomic mass is 16.5. The molecule has 4 aromatic rings. The van der Waals surface area contributed by atoms with E-state index >= 15 is 0 Å². The maximum atomic E-state index is 12.1. The Morgan fingerprint density at radius 1 is 1.18 bits per heavy atom. The van der Waals surface area contributed by atoms with Gasteiger partial charge in [0.1, 0.15) is 5.58 Å². The summed E-state index contributed by atoms with van der Waals surface area (Å²) in [6, 6.07) is 16.7. The van der Waals surface area contributed by atoms with Gasteiger partial charge in [0, 0.05) is 42.5 Å². The van der Waals surface area contributed by atoms with E-state index in [0.29, 0.717) is 17.2 Å². The van der Waals surface area contributed by atoms with Crippen LogP contribution >= 0.6 is 0 Å². The third-order valence-electron chi connectivity index (χ3n) is 6.54. The first-order valence-corrected chi connectivity index (χ1v) is 11.2. The van der Waals surface area contributed by atoms with Crippen LogP contribution in [-0.2, 0) is 11.2 Å². The second-order valence-electron chi connectivity index (χ2n) is 8.47. The van der Waals surface area contributed by atoms with Crippen LogP contribution in [0.3, 0.4) is 0 Å². The standard InChI is InChI=1S/C27H27N3O3/c1-30(22-7-9-26-19(15-22)11-13-33-26)21-6-8-23-18(14-21)4-3-5-20(23)16-29-25-17-28-12-10-24(25)27(31)32-2/h6-15,17,20,29H,3-5,16H2,1-2H3/t20-/m0/s1. The second-order valence-corrected chi connectivity index (χ2v) is 8.47. The summed E-state index contributed by atoms with van der Waals surface area (Å²) < 4.78 is 10.4. The Bertz CT molecular complexity index is 1300. The number of ether oxygens (including phenoxy) is 1. The fourth-order valence-electron chi connectivity index (χ4n) is 4.69. The van der Waals surface area contributed by atoms with Gasteiger partial charge >= 0.3 is 5.97 Å². The van der Waals surface area contributed by atoms with E-state index in [1.807, 2.05) is 12.1 Å². The van der Waals surface area contributed by atoms with Gasteiger partial charge in [-0.3, -0.25) is 4.98 Å². The molecule has 1 N–H and O–H groups in total. The summed E-state index contributed by atoms with van der Waals surface area (Å²) in [5.41, 5.74) is 7.19. The van der Waals surface area contributed by atoms with Gasteiger partial charge in [0.05, 0.1) is 30.8 Å². The number of pyridine rings is 1. The highest BCUT2D eigenvalue weighted by molar-refractivity contribution is 5.95. The highest BCUT2D eigenvalue weighted by Crippen LogP contribution is 2.36. The van der Waals surface area contributed by atoms with E-state index in [0.717, 1.165) is 42.5 Å². The number of furan rings is 1. The van der Waals surface area contributed by atoms with Gasteiger partial charge in [-0.2, -0.15) is 0 Å². The number of benzene rings is 2. The largest absolute Gasteiger partial charge is 0.465 e. The van der Waals surface area contributed by atoms with Crippen molar-refractivity contribution in [1.82, 2.24) is 4.98 Å². The number of hydrogen-bond donors (Lipinski definition) is 1. The maximum absolute atomic E-state index is 12.1. The summed E-state index contributed by atoms with van der Waals surface area (Å²) in [5, 5.41) is 4.54. The Labute approximate surface area is 193 Å². The van der Waals surface area contributed by atoms with Crippen LogP contribution in [0.4, 0.5) is 17.1 Å². The number of aromatic nitrogens is 1. The molecule has 0 saturated carbocycles. The van der Waals surface area contributed by atoms with Crippen molar-refractivity contribution in [2.24, 2.45) is 0 Å². The molecule has 33 heavy (non-hydrogen) atoms. The fraction of sp³-hybridized carbons (Fsp3) is 0.259. The highest BCUT2D eigenvalue weighted by Gasteiger charge is 2.22. The lowest BCUT2D eigenvalue weighted by Crippen LogP contribution is -2.20. The van der Waals surface area contributed by atoms with Gasteiger partial charge in [-0.05, 0) is 72.9 Å². The average Bonchev–Trinajstić information content (AvgIpc) is 3.34. The van der Waals surface area contributed by atoms with Crippen LogP contribution < -0.4 is 10.2 Å². The smallest absolute Gasteiger partial charge is 0.340 e. The zero-order chi connectivity index (χ0) is 22.8. The predicted octanol–water partition coefficient (Wildman–Crippen LogP) is 5.91. The molecule has 6 nitrogen and oxygen atoms in total. The molecule has 1 aliphatic rings. The Balaban J connectivity index is 1.35. The lowest BCUT2D eigenvalue weighted by Gasteiger charge is -2.28. The van der Waals surface area contributed by atoms with Crippen molar-refractivity contribution in [2.75, 3.05) is 30.9 Å². The molecule has 0 bridgehead atoms. The number of rotatable bonds is 6. The van der Waals surface area contributed by atoms with E-state index in [9.17, 15) is 4.79 Å². The van der Waals surface area contributed by atoms with Crippen molar-refractivity contribution in [3.63, 3.8) is 0 Å². The second kappa shape index (κ2) is 8.98. The molecular weight excluding hydrogens is 414 g/mol. The molecule has 0 fully saturated rings. The lowest BCUT2D eigenvalue weighted by molar-refractivity contribution is 0.0601. The van der Waals surface area contributed by atoms with Crippen LogP contribution in [0.5, 0.6) is 0 Å². The van der Waals surface area contributed by atoms with Crippen LogP contribution in [-0.4, -0.2) is 31.7 Å². The number of aryl methyl sites for hydroxylation is 1. The van der Waals surface area contributed by atoms with E-state index in [2.05, 4.69) is 52.6 Å². The van der Waals surface area contributed by atoms with Gasteiger partial charge in [0.15, 0.2) is 0 Å². The number of esters is 1. The van der Waals surface area contributed by atoms with Crippen LogP contribution in [0.2, 0.25) is 0 Å². The molecule has 0 amide bonds. The first kappa shape index (κ1) is 21.1. The quantitative estimate of drug-likeness (QED) is 0.375. The van der Waals surface area contributed by atoms with Gasteiger partial charge < -0.3 is 19.4 Å². The molecule has 168 valence electrons. The molecule has 0 spiro atoms. The number of methoxy groups -OCH3 is 1. The summed E-state index contributed by atoms with van der Waals surface area (Å²) in [6.45, 7) is 0.745. The van der Waals surface area contributed by atoms with E-state index in [4.69, 9.17) is 9.15 Å². The van der Waals surface area contributed by atoms with E-state index in [1.165, 1.54) is 23.9 Å². The minimum atomic E-state index is -0.356. The van der Waals surface area contributed by atoms with Gasteiger partial charge in [-0.25, -0.2) is 4.79 Å². The van der Waals surface area contributed by atoms with Crippen molar-refractivity contribution in [2.45, 2.75) is 25.2 Å². The van der Waals surface area contributed by atoms with Crippen molar-refractivity contribution in [1.29, 1.82) is 0 Å². The van der Waals surface area contributed by atoms with E-state index in [-0.39, 0.29) is 5.97 Å². The van der Waals surface area contributed by atoms with Crippen LogP contribution in [0.25, 0.3) is 11.0 Å². The molecule has 0 aliphatic heterocycles. The Hall–Kier alpha value is -3.80. The SMILES string of the molecule is COC(=O)c1ccncc1NC[C@@H]1CCCc2cc(N(C)c3ccc4occc4c3)ccc21. The van der Waals surface area contributed by atoms with Gasteiger partial charge in [-0.1, -0.05) is 6.07 Å². The maximum Gasteiger partial charge on any atom is 0.340 e. The van der Waals surface area contributed by atoms with Gasteiger partial charge in [0.2, 0.25) is 0 Å². The summed E-state index contributed by atoms with van der Waals surface area (Å²) in [5.74, 6) is 0.0197. The number of hydrogen-bond acceptors (Lipinski definition) is 6. The van der Waals surface area contributed by atoms with E-state index < -0.39 is 0 Å². The molecule has 1 aliphatic carbocycles. The van der Waals surface area contributed by atoms with Crippen molar-refractivity contribution >= 4 is 34.0 Å². The number of nitrogens with zero attached hydrogens (tertiary/aromatic N) is 2. The minimum absolute atomic E-state index is 0.356. The fourth-order valence-corrected chi connectivity index (χ4v) is 4.69. The molecule has 5 rings (SSSR count). The molecule has 1 atom stereocenters. The lowest BCUT2D eigenvalue weighted by atomic mass is 9.82. The number of nitrogens with one attached hydrogen (secondary N) is 1. The normalized spacial score (nSPS) is 15.2. The number of carbonyl (C=O) groups excluding carboxylic acids is 1. The van der Waals surface area contributed by atoms with Crippen LogP contribution in [0.15, 0.2) is 71.6 Å². The Morgan fingerprint density at radius 2 is 2.03 bits per heavy atom. The monoisotopic (exact) mass is 441 g/mol. The van der Waals surface area contributed by atoms with Crippen LogP contribution in [0.1, 0.15) is 40.2 Å². The third-order valence-corrected chi connectivity index (χ3v) is 6.54. The zero-order valence-electron chi connectivity index (χ0n) is 18.9. The first-order valence-electron chi connectivity index (χ1n) is 11.2. The number of carbonyl (C=O) groups is 1. The molecule has 0 unspecified atom stereocenters. The summed E-state index contributed by atoms with van der Waals surface area (Å²) >= 11 is 0. The molecule has 6 heteroatoms. The van der Waals surface area contributed by atoms with Gasteiger partial charge in [-0.15, -0.1) is 0 Å². The topological polar surface area (TPSA) is 67.6 Å². The molecule has 0 radical (unpaired) electrons. The summed E-state index contributed by atoms with van der Waals surface area (Å²) in [7, 11) is 3.49. The molecule has 2 heterocycles. The summed E-state index contributed by atoms with van der Waals surface area (Å²) in [4.78, 5) is 18.4. The zero-order valence-corrected chi connectivity index (χ0v) is 18.9. The van der Waals surface area contributed by atoms with Gasteiger partial charge in [0.25, 0.3) is 0 Å². The number of fused-ring (bicyclic) bond motifs is 2. The first-order chi connectivity index (χ1) is 16.1. The van der Waals surface area contributed by atoms with Crippen molar-refractivity contribution in [3.8, 4) is 0 Å². The minimum Gasteiger partial charge on any atom is -0.465 e. The van der Waals surface area contributed by atoms with Crippen molar-refractivity contribution < 1.29 is 13.9 Å². The summed E-state index contributed by atoms with van der Waals surface area (Å²) in [6.07, 6.45) is 8.35. The molecular formula is C27H27N3O3. The molecule has 2 aromatic carbocycles. The molecule has 0 saturated heterocycles. The third kappa shape index (κ3) is 4.16.